The zero-order valence-corrected chi connectivity index (χ0v) is 12.2. The Morgan fingerprint density at radius 1 is 1.32 bits per heavy atom. The molecule has 1 atom stereocenters. The maximum absolute atomic E-state index is 13.4. The van der Waals surface area contributed by atoms with Crippen LogP contribution in [-0.2, 0) is 22.6 Å². The number of aromatic nitrogens is 1. The largest absolute Gasteiger partial charge is 0.357 e. The molecule has 1 unspecified atom stereocenters. The minimum Gasteiger partial charge on any atom is -0.357 e. The number of benzene rings is 1. The average Bonchev–Trinajstić information content (AvgIpc) is 2.99. The Bertz CT molecular complexity index is 798. The molecule has 1 fully saturated rings. The number of hydrogen-bond donors (Lipinski definition) is 1. The van der Waals surface area contributed by atoms with Gasteiger partial charge in [0.15, 0.2) is 0 Å². The van der Waals surface area contributed by atoms with Gasteiger partial charge in [-0.15, -0.1) is 0 Å². The highest BCUT2D eigenvalue weighted by Gasteiger charge is 2.41. The summed E-state index contributed by atoms with van der Waals surface area (Å²) in [6.45, 7) is 1.29. The Morgan fingerprint density at radius 2 is 2.14 bits per heavy atom. The molecule has 0 bridgehead atoms. The number of aromatic amines is 1. The predicted octanol–water partition coefficient (Wildman–Crippen LogP) is 1.42. The van der Waals surface area contributed by atoms with Gasteiger partial charge in [0.1, 0.15) is 5.82 Å². The van der Waals surface area contributed by atoms with E-state index in [1.165, 1.54) is 18.0 Å². The zero-order valence-electron chi connectivity index (χ0n) is 12.2. The second kappa shape index (κ2) is 4.64. The van der Waals surface area contributed by atoms with Crippen molar-refractivity contribution in [1.29, 1.82) is 0 Å². The van der Waals surface area contributed by atoms with Crippen LogP contribution in [0.2, 0.25) is 0 Å². The van der Waals surface area contributed by atoms with Gasteiger partial charge in [0.05, 0.1) is 12.5 Å². The van der Waals surface area contributed by atoms with E-state index in [2.05, 4.69) is 4.98 Å². The summed E-state index contributed by atoms with van der Waals surface area (Å²) >= 11 is 0. The lowest BCUT2D eigenvalue weighted by atomic mass is 10.0. The molecule has 5 nitrogen and oxygen atoms in total. The van der Waals surface area contributed by atoms with Crippen LogP contribution in [0.4, 0.5) is 4.39 Å². The van der Waals surface area contributed by atoms with E-state index in [-0.39, 0.29) is 30.1 Å². The summed E-state index contributed by atoms with van der Waals surface area (Å²) in [4.78, 5) is 30.4. The lowest BCUT2D eigenvalue weighted by Crippen LogP contribution is -2.43. The molecule has 0 aliphatic carbocycles. The first-order valence-corrected chi connectivity index (χ1v) is 7.38. The van der Waals surface area contributed by atoms with Gasteiger partial charge in [0.2, 0.25) is 11.8 Å². The van der Waals surface area contributed by atoms with E-state index in [4.69, 9.17) is 0 Å². The Kier molecular flexibility index (Phi) is 2.84. The highest BCUT2D eigenvalue weighted by molar-refractivity contribution is 6.05. The molecule has 22 heavy (non-hydrogen) atoms. The number of carbonyl (C=O) groups is 2. The second-order valence-electron chi connectivity index (χ2n) is 6.00. The molecule has 114 valence electrons. The third-order valence-corrected chi connectivity index (χ3v) is 4.77. The van der Waals surface area contributed by atoms with Gasteiger partial charge in [-0.25, -0.2) is 4.39 Å². The maximum atomic E-state index is 13.4. The summed E-state index contributed by atoms with van der Waals surface area (Å²) in [5.41, 5.74) is 3.05. The van der Waals surface area contributed by atoms with Crippen LogP contribution in [0.5, 0.6) is 0 Å². The van der Waals surface area contributed by atoms with E-state index in [0.29, 0.717) is 13.1 Å². The number of nitrogens with one attached hydrogen (secondary N) is 1. The lowest BCUT2D eigenvalue weighted by Gasteiger charge is -2.30. The molecular formula is C16H16FN3O2. The molecule has 1 aromatic carbocycles. The van der Waals surface area contributed by atoms with Crippen LogP contribution < -0.4 is 0 Å². The first kappa shape index (κ1) is 13.5. The number of H-pyrrole nitrogens is 1. The van der Waals surface area contributed by atoms with Gasteiger partial charge in [-0.2, -0.15) is 0 Å². The summed E-state index contributed by atoms with van der Waals surface area (Å²) in [6, 6.07) is 4.37. The monoisotopic (exact) mass is 301 g/mol. The number of fused-ring (bicyclic) bond motifs is 3. The third kappa shape index (κ3) is 1.87. The predicted molar refractivity (Wildman–Crippen MR) is 78.6 cm³/mol. The molecule has 2 aromatic rings. The van der Waals surface area contributed by atoms with Crippen LogP contribution >= 0.6 is 0 Å². The Hall–Kier alpha value is -2.21. The van der Waals surface area contributed by atoms with E-state index >= 15 is 0 Å². The molecule has 2 amide bonds. The fourth-order valence-electron chi connectivity index (χ4n) is 3.52. The number of nitrogens with zero attached hydrogens (tertiary/aromatic N) is 2. The number of rotatable bonds is 1. The fourth-order valence-corrected chi connectivity index (χ4v) is 3.52. The smallest absolute Gasteiger partial charge is 0.246 e. The number of likely N-dealkylation sites (N-methyl/N-ethyl adjacent to an activating group) is 1. The topological polar surface area (TPSA) is 56.4 Å². The minimum absolute atomic E-state index is 0.125. The van der Waals surface area contributed by atoms with Crippen molar-refractivity contribution in [3.05, 3.63) is 35.3 Å². The normalized spacial score (nSPS) is 22.6. The number of hydrogen-bond acceptors (Lipinski definition) is 3. The molecular weight excluding hydrogens is 285 g/mol. The van der Waals surface area contributed by atoms with Crippen LogP contribution in [0.1, 0.15) is 17.7 Å². The van der Waals surface area contributed by atoms with Gasteiger partial charge < -0.3 is 4.98 Å². The summed E-state index contributed by atoms with van der Waals surface area (Å²) in [5, 5.41) is 0.917. The first-order valence-electron chi connectivity index (χ1n) is 7.38. The Balaban J connectivity index is 1.66. The second-order valence-corrected chi connectivity index (χ2v) is 6.00. The van der Waals surface area contributed by atoms with Crippen molar-refractivity contribution in [1.82, 2.24) is 14.8 Å². The van der Waals surface area contributed by atoms with Crippen LogP contribution in [0, 0.1) is 5.82 Å². The first-order chi connectivity index (χ1) is 10.5. The quantitative estimate of drug-likeness (QED) is 0.811. The van der Waals surface area contributed by atoms with Crippen molar-refractivity contribution in [3.8, 4) is 0 Å². The minimum atomic E-state index is -0.367. The number of halogens is 1. The molecule has 0 radical (unpaired) electrons. The molecule has 0 spiro atoms. The van der Waals surface area contributed by atoms with Gasteiger partial charge in [-0.05, 0) is 30.2 Å². The molecule has 2 aliphatic rings. The molecule has 1 aromatic heterocycles. The van der Waals surface area contributed by atoms with Crippen LogP contribution in [0.3, 0.4) is 0 Å². The summed E-state index contributed by atoms with van der Waals surface area (Å²) in [6.07, 6.45) is 1.000. The summed E-state index contributed by atoms with van der Waals surface area (Å²) in [7, 11) is 1.53. The standard InChI is InChI=1S/C16H16FN3O2/c1-19-15(21)7-14(16(19)22)20-5-4-10-11-6-9(17)2-3-12(11)18-13(10)8-20/h2-3,6,14,18H,4-5,7-8H2,1H3. The summed E-state index contributed by atoms with van der Waals surface area (Å²) in [5.74, 6) is -0.495. The highest BCUT2D eigenvalue weighted by atomic mass is 19.1. The maximum Gasteiger partial charge on any atom is 0.246 e. The van der Waals surface area contributed by atoms with Crippen molar-refractivity contribution in [3.63, 3.8) is 0 Å². The fraction of sp³-hybridized carbons (Fsp3) is 0.375. The highest BCUT2D eigenvalue weighted by Crippen LogP contribution is 2.30. The molecule has 1 saturated heterocycles. The van der Waals surface area contributed by atoms with E-state index in [9.17, 15) is 14.0 Å². The van der Waals surface area contributed by atoms with E-state index < -0.39 is 0 Å². The summed E-state index contributed by atoms with van der Waals surface area (Å²) < 4.78 is 13.4. The van der Waals surface area contributed by atoms with Gasteiger partial charge >= 0.3 is 0 Å². The molecule has 1 N–H and O–H groups in total. The average molecular weight is 301 g/mol. The van der Waals surface area contributed by atoms with Gasteiger partial charge in [-0.1, -0.05) is 0 Å². The third-order valence-electron chi connectivity index (χ3n) is 4.77. The molecule has 4 rings (SSSR count). The van der Waals surface area contributed by atoms with Gasteiger partial charge in [-0.3, -0.25) is 19.4 Å². The number of amides is 2. The Labute approximate surface area is 126 Å². The van der Waals surface area contributed by atoms with Crippen molar-refractivity contribution in [2.75, 3.05) is 13.6 Å². The van der Waals surface area contributed by atoms with Crippen molar-refractivity contribution in [2.45, 2.75) is 25.4 Å². The van der Waals surface area contributed by atoms with E-state index in [1.54, 1.807) is 12.1 Å². The molecule has 6 heteroatoms. The van der Waals surface area contributed by atoms with Gasteiger partial charge in [0, 0.05) is 36.7 Å². The zero-order chi connectivity index (χ0) is 15.4. The van der Waals surface area contributed by atoms with Crippen LogP contribution in [-0.4, -0.2) is 46.2 Å². The van der Waals surface area contributed by atoms with Crippen molar-refractivity contribution < 1.29 is 14.0 Å². The Morgan fingerprint density at radius 3 is 2.86 bits per heavy atom. The van der Waals surface area contributed by atoms with Crippen LogP contribution in [0.25, 0.3) is 10.9 Å². The number of imide groups is 1. The number of likely N-dealkylation sites (tertiary alicyclic amines) is 1. The van der Waals surface area contributed by atoms with Crippen molar-refractivity contribution >= 4 is 22.7 Å². The molecule has 0 saturated carbocycles. The lowest BCUT2D eigenvalue weighted by molar-refractivity contribution is -0.138. The SMILES string of the molecule is CN1C(=O)CC(N2CCc3c([nH]c4ccc(F)cc34)C2)C1=O. The van der Waals surface area contributed by atoms with Gasteiger partial charge in [0.25, 0.3) is 0 Å². The molecule has 3 heterocycles. The van der Waals surface area contributed by atoms with Crippen molar-refractivity contribution in [2.24, 2.45) is 0 Å². The van der Waals surface area contributed by atoms with E-state index in [0.717, 1.165) is 28.6 Å². The van der Waals surface area contributed by atoms with Crippen LogP contribution in [0.15, 0.2) is 18.2 Å². The number of carbonyl (C=O) groups excluding carboxylic acids is 2. The van der Waals surface area contributed by atoms with E-state index in [1.807, 2.05) is 4.90 Å². The molecule has 2 aliphatic heterocycles.